The lowest BCUT2D eigenvalue weighted by molar-refractivity contribution is -0.132. The lowest BCUT2D eigenvalue weighted by Gasteiger charge is -2.43. The van der Waals surface area contributed by atoms with Crippen LogP contribution >= 0.6 is 0 Å². The molecule has 2 fully saturated rings. The van der Waals surface area contributed by atoms with Crippen LogP contribution in [0.2, 0.25) is 0 Å². The topological polar surface area (TPSA) is 66.8 Å². The van der Waals surface area contributed by atoms with Crippen LogP contribution in [0, 0.1) is 0 Å². The second-order valence-electron chi connectivity index (χ2n) is 3.48. The summed E-state index contributed by atoms with van der Waals surface area (Å²) in [4.78, 5) is 23.4. The average Bonchev–Trinajstić information content (AvgIpc) is 2.01. The highest BCUT2D eigenvalue weighted by Crippen LogP contribution is 2.25. The summed E-state index contributed by atoms with van der Waals surface area (Å²) in [5.74, 6) is 0.149. The van der Waals surface area contributed by atoms with Gasteiger partial charge in [-0.1, -0.05) is 0 Å². The Morgan fingerprint density at radius 3 is 2.38 bits per heavy atom. The van der Waals surface area contributed by atoms with Crippen LogP contribution in [-0.2, 0) is 9.53 Å². The summed E-state index contributed by atoms with van der Waals surface area (Å²) < 4.78 is 5.21. The first kappa shape index (κ1) is 8.50. The third kappa shape index (κ3) is 1.39. The molecule has 2 heterocycles. The number of morpholine rings is 1. The van der Waals surface area contributed by atoms with E-state index in [0.29, 0.717) is 26.1 Å². The van der Waals surface area contributed by atoms with Gasteiger partial charge in [0.25, 0.3) is 0 Å². The molecule has 1 amide bonds. The van der Waals surface area contributed by atoms with Crippen LogP contribution in [-0.4, -0.2) is 47.2 Å². The fourth-order valence-corrected chi connectivity index (χ4v) is 2.03. The summed E-state index contributed by atoms with van der Waals surface area (Å²) in [5.41, 5.74) is 0. The molecule has 0 saturated carbocycles. The molecule has 5 heteroatoms. The van der Waals surface area contributed by atoms with Crippen molar-refractivity contribution >= 4 is 11.9 Å². The fourth-order valence-electron chi connectivity index (χ4n) is 2.03. The van der Waals surface area contributed by atoms with Crippen molar-refractivity contribution in [3.05, 3.63) is 0 Å². The first-order chi connectivity index (χ1) is 6.18. The molecule has 0 aromatic carbocycles. The lowest BCUT2D eigenvalue weighted by atomic mass is 9.94. The molecule has 0 aromatic rings. The number of rotatable bonds is 0. The molecule has 2 aliphatic rings. The minimum absolute atomic E-state index is 0.149. The molecule has 2 atom stereocenters. The van der Waals surface area contributed by atoms with Gasteiger partial charge >= 0.3 is 6.09 Å². The molecular formula is C8H11NO4. The fraction of sp³-hybridized carbons (Fsp3) is 0.750. The van der Waals surface area contributed by atoms with Gasteiger partial charge in [-0.3, -0.25) is 9.69 Å². The van der Waals surface area contributed by atoms with Crippen LogP contribution in [0.4, 0.5) is 4.79 Å². The highest BCUT2D eigenvalue weighted by molar-refractivity contribution is 5.83. The van der Waals surface area contributed by atoms with E-state index in [2.05, 4.69) is 0 Å². The molecule has 13 heavy (non-hydrogen) atoms. The van der Waals surface area contributed by atoms with Gasteiger partial charge in [0.15, 0.2) is 0 Å². The third-order valence-electron chi connectivity index (χ3n) is 2.55. The van der Waals surface area contributed by atoms with Crippen LogP contribution in [0.5, 0.6) is 0 Å². The van der Waals surface area contributed by atoms with E-state index in [0.717, 1.165) is 0 Å². The van der Waals surface area contributed by atoms with E-state index in [1.807, 2.05) is 0 Å². The number of Topliss-reactive ketones (excluding diaryl/α,β-unsaturated/α-hetero) is 1. The molecule has 0 spiro atoms. The first-order valence-electron chi connectivity index (χ1n) is 4.29. The Bertz CT molecular complexity index is 237. The van der Waals surface area contributed by atoms with Gasteiger partial charge in [0, 0.05) is 12.8 Å². The minimum Gasteiger partial charge on any atom is -0.465 e. The Labute approximate surface area is 75.3 Å². The van der Waals surface area contributed by atoms with Crippen LogP contribution in [0.1, 0.15) is 12.8 Å². The number of piperidine rings is 1. The quantitative estimate of drug-likeness (QED) is 0.581. The summed E-state index contributed by atoms with van der Waals surface area (Å²) in [5, 5.41) is 8.89. The number of fused-ring (bicyclic) bond motifs is 2. The zero-order chi connectivity index (χ0) is 9.42. The number of ether oxygens (including phenoxy) is 1. The maximum absolute atomic E-state index is 11.2. The standard InChI is InChI=1S/C8H11NO4/c10-7-1-5-3-13-4-6(2-7)9(5)8(11)12/h5-6H,1-4H2,(H,11,12). The molecule has 5 nitrogen and oxygen atoms in total. The summed E-state index contributed by atoms with van der Waals surface area (Å²) in [6.45, 7) is 0.711. The van der Waals surface area contributed by atoms with Crippen LogP contribution in [0.25, 0.3) is 0 Å². The number of nitrogens with zero attached hydrogens (tertiary/aromatic N) is 1. The smallest absolute Gasteiger partial charge is 0.407 e. The molecule has 2 saturated heterocycles. The highest BCUT2D eigenvalue weighted by atomic mass is 16.5. The predicted molar refractivity (Wildman–Crippen MR) is 42.5 cm³/mol. The molecule has 0 aliphatic carbocycles. The molecule has 1 N–H and O–H groups in total. The van der Waals surface area contributed by atoms with Gasteiger partial charge in [-0.25, -0.2) is 4.79 Å². The SMILES string of the molecule is O=C1CC2COCC(C1)N2C(=O)O. The minimum atomic E-state index is -0.939. The molecule has 2 unspecified atom stereocenters. The van der Waals surface area contributed by atoms with Crippen molar-refractivity contribution in [1.29, 1.82) is 0 Å². The van der Waals surface area contributed by atoms with Gasteiger partial charge in [-0.2, -0.15) is 0 Å². The van der Waals surface area contributed by atoms with Gasteiger partial charge in [0.2, 0.25) is 0 Å². The maximum Gasteiger partial charge on any atom is 0.407 e. The van der Waals surface area contributed by atoms with Crippen LogP contribution in [0.15, 0.2) is 0 Å². The van der Waals surface area contributed by atoms with Crippen LogP contribution < -0.4 is 0 Å². The predicted octanol–water partition coefficient (Wildman–Crippen LogP) is 0.0967. The monoisotopic (exact) mass is 185 g/mol. The lowest BCUT2D eigenvalue weighted by Crippen LogP contribution is -2.58. The van der Waals surface area contributed by atoms with Crippen molar-refractivity contribution in [3.63, 3.8) is 0 Å². The van der Waals surface area contributed by atoms with E-state index in [9.17, 15) is 9.59 Å². The van der Waals surface area contributed by atoms with Crippen LogP contribution in [0.3, 0.4) is 0 Å². The van der Waals surface area contributed by atoms with Crippen molar-refractivity contribution < 1.29 is 19.4 Å². The van der Waals surface area contributed by atoms with Crippen molar-refractivity contribution in [2.24, 2.45) is 0 Å². The number of amides is 1. The number of carbonyl (C=O) groups excluding carboxylic acids is 1. The number of hydrogen-bond acceptors (Lipinski definition) is 3. The number of ketones is 1. The Hall–Kier alpha value is -1.10. The number of hydrogen-bond donors (Lipinski definition) is 1. The zero-order valence-corrected chi connectivity index (χ0v) is 7.10. The first-order valence-corrected chi connectivity index (χ1v) is 4.29. The summed E-state index contributed by atoms with van der Waals surface area (Å²) in [7, 11) is 0. The average molecular weight is 185 g/mol. The van der Waals surface area contributed by atoms with Crippen molar-refractivity contribution in [1.82, 2.24) is 4.90 Å². The Kier molecular flexibility index (Phi) is 1.95. The summed E-state index contributed by atoms with van der Waals surface area (Å²) in [6.07, 6.45) is -0.322. The molecular weight excluding hydrogens is 174 g/mol. The second kappa shape index (κ2) is 2.99. The molecule has 0 aromatic heterocycles. The van der Waals surface area contributed by atoms with Gasteiger partial charge in [-0.15, -0.1) is 0 Å². The molecule has 0 radical (unpaired) electrons. The van der Waals surface area contributed by atoms with Gasteiger partial charge in [0.1, 0.15) is 5.78 Å². The summed E-state index contributed by atoms with van der Waals surface area (Å²) >= 11 is 0. The van der Waals surface area contributed by atoms with Crippen molar-refractivity contribution in [2.75, 3.05) is 13.2 Å². The Morgan fingerprint density at radius 1 is 1.38 bits per heavy atom. The van der Waals surface area contributed by atoms with Gasteiger partial charge < -0.3 is 9.84 Å². The molecule has 2 rings (SSSR count). The van der Waals surface area contributed by atoms with E-state index >= 15 is 0 Å². The van der Waals surface area contributed by atoms with Gasteiger partial charge in [0.05, 0.1) is 25.3 Å². The maximum atomic E-state index is 11.2. The van der Waals surface area contributed by atoms with E-state index in [1.165, 1.54) is 4.90 Å². The highest BCUT2D eigenvalue weighted by Gasteiger charge is 2.40. The number of carbonyl (C=O) groups is 2. The zero-order valence-electron chi connectivity index (χ0n) is 7.10. The number of carboxylic acid groups (broad SMARTS) is 1. The van der Waals surface area contributed by atoms with E-state index < -0.39 is 6.09 Å². The van der Waals surface area contributed by atoms with E-state index in [1.54, 1.807) is 0 Å². The third-order valence-corrected chi connectivity index (χ3v) is 2.55. The molecule has 2 bridgehead atoms. The largest absolute Gasteiger partial charge is 0.465 e. The normalized spacial score (nSPS) is 33.2. The Balaban J connectivity index is 2.19. The Morgan fingerprint density at radius 2 is 1.92 bits per heavy atom. The molecule has 2 aliphatic heterocycles. The summed E-state index contributed by atoms with van der Waals surface area (Å²) in [6, 6.07) is -0.505. The molecule has 72 valence electrons. The van der Waals surface area contributed by atoms with Gasteiger partial charge in [-0.05, 0) is 0 Å². The van der Waals surface area contributed by atoms with Crippen molar-refractivity contribution in [3.8, 4) is 0 Å². The van der Waals surface area contributed by atoms with E-state index in [4.69, 9.17) is 9.84 Å². The van der Waals surface area contributed by atoms with E-state index in [-0.39, 0.29) is 17.9 Å². The van der Waals surface area contributed by atoms with Crippen molar-refractivity contribution in [2.45, 2.75) is 24.9 Å². The second-order valence-corrected chi connectivity index (χ2v) is 3.48.